The van der Waals surface area contributed by atoms with Gasteiger partial charge in [-0.2, -0.15) is 13.2 Å². The van der Waals surface area contributed by atoms with Crippen LogP contribution in [0.3, 0.4) is 0 Å². The lowest BCUT2D eigenvalue weighted by Gasteiger charge is -2.29. The highest BCUT2D eigenvalue weighted by Crippen LogP contribution is 2.44. The van der Waals surface area contributed by atoms with Crippen LogP contribution in [0.5, 0.6) is 11.5 Å². The standard InChI is InChI=1S/C14H18F3N3O3/c1-20(2)9-5-8-18-12(21)19-14(13(15,16)17)22-10-6-3-4-7-11(10)23-14/h3-4,6-7H,5,8-9H2,1-2H3,(H2,18,19,21)/p+1. The third-order valence-electron chi connectivity index (χ3n) is 3.15. The molecule has 0 aromatic heterocycles. The lowest BCUT2D eigenvalue weighted by atomic mass is 10.3. The van der Waals surface area contributed by atoms with Crippen molar-refractivity contribution in [1.82, 2.24) is 10.6 Å². The van der Waals surface area contributed by atoms with Gasteiger partial charge >= 0.3 is 18.1 Å². The second-order valence-electron chi connectivity index (χ2n) is 5.46. The Hall–Kier alpha value is -2.16. The number of hydrogen-bond donors (Lipinski definition) is 3. The monoisotopic (exact) mass is 334 g/mol. The Balaban J connectivity index is 2.00. The number of carbonyl (C=O) groups is 1. The van der Waals surface area contributed by atoms with Gasteiger partial charge < -0.3 is 19.7 Å². The molecule has 1 aliphatic heterocycles. The molecule has 6 nitrogen and oxygen atoms in total. The van der Waals surface area contributed by atoms with Crippen molar-refractivity contribution in [3.63, 3.8) is 0 Å². The second kappa shape index (κ2) is 6.53. The summed E-state index contributed by atoms with van der Waals surface area (Å²) in [6, 6.07) is 4.69. The third-order valence-corrected chi connectivity index (χ3v) is 3.15. The fourth-order valence-corrected chi connectivity index (χ4v) is 2.02. The number of fused-ring (bicyclic) bond motifs is 1. The molecule has 0 radical (unpaired) electrons. The van der Waals surface area contributed by atoms with Crippen molar-refractivity contribution in [1.29, 1.82) is 0 Å². The molecule has 0 fully saturated rings. The van der Waals surface area contributed by atoms with Gasteiger partial charge in [0.15, 0.2) is 11.5 Å². The van der Waals surface area contributed by atoms with Crippen LogP contribution in [0.1, 0.15) is 6.42 Å². The van der Waals surface area contributed by atoms with E-state index in [1.165, 1.54) is 29.2 Å². The van der Waals surface area contributed by atoms with Gasteiger partial charge in [0, 0.05) is 13.0 Å². The molecule has 0 aliphatic carbocycles. The molecule has 9 heteroatoms. The summed E-state index contributed by atoms with van der Waals surface area (Å²) in [4.78, 5) is 12.9. The van der Waals surface area contributed by atoms with E-state index in [1.54, 1.807) is 5.32 Å². The second-order valence-corrected chi connectivity index (χ2v) is 5.46. The molecule has 1 aromatic rings. The summed E-state index contributed by atoms with van der Waals surface area (Å²) < 4.78 is 49.7. The van der Waals surface area contributed by atoms with Gasteiger partial charge in [0.1, 0.15) is 0 Å². The number of carbonyl (C=O) groups excluding carboxylic acids is 1. The zero-order valence-corrected chi connectivity index (χ0v) is 12.8. The number of ether oxygens (including phenoxy) is 2. The Kier molecular flexibility index (Phi) is 4.88. The van der Waals surface area contributed by atoms with Gasteiger partial charge in [-0.15, -0.1) is 0 Å². The maximum Gasteiger partial charge on any atom is 0.492 e. The van der Waals surface area contributed by atoms with Gasteiger partial charge in [-0.25, -0.2) is 4.79 Å². The van der Waals surface area contributed by atoms with Crippen LogP contribution in [-0.4, -0.2) is 45.3 Å². The van der Waals surface area contributed by atoms with Gasteiger partial charge in [0.2, 0.25) is 0 Å². The summed E-state index contributed by atoms with van der Waals surface area (Å²) >= 11 is 0. The van der Waals surface area contributed by atoms with Crippen LogP contribution in [0.15, 0.2) is 24.3 Å². The maximum absolute atomic E-state index is 13.3. The first kappa shape index (κ1) is 17.2. The average molecular weight is 334 g/mol. The maximum atomic E-state index is 13.3. The lowest BCUT2D eigenvalue weighted by molar-refractivity contribution is -0.858. The number of quaternary nitrogens is 1. The number of amides is 2. The Morgan fingerprint density at radius 1 is 1.22 bits per heavy atom. The minimum absolute atomic E-state index is 0.0821. The van der Waals surface area contributed by atoms with Crippen LogP contribution in [-0.2, 0) is 0 Å². The molecule has 3 N–H and O–H groups in total. The lowest BCUT2D eigenvalue weighted by Crippen LogP contribution is -3.05. The molecule has 1 aromatic carbocycles. The van der Waals surface area contributed by atoms with Crippen LogP contribution < -0.4 is 25.0 Å². The number of nitrogens with one attached hydrogen (secondary N) is 3. The van der Waals surface area contributed by atoms with E-state index in [2.05, 4.69) is 5.32 Å². The van der Waals surface area contributed by atoms with Crippen molar-refractivity contribution in [3.8, 4) is 11.5 Å². The van der Waals surface area contributed by atoms with Crippen LogP contribution in [0.4, 0.5) is 18.0 Å². The molecule has 0 saturated carbocycles. The van der Waals surface area contributed by atoms with Crippen molar-refractivity contribution in [2.75, 3.05) is 27.2 Å². The summed E-state index contributed by atoms with van der Waals surface area (Å²) in [5.74, 6) is -3.38. The van der Waals surface area contributed by atoms with Crippen LogP contribution >= 0.6 is 0 Å². The molecule has 0 spiro atoms. The fraction of sp³-hybridized carbons (Fsp3) is 0.500. The van der Waals surface area contributed by atoms with E-state index in [-0.39, 0.29) is 18.0 Å². The number of hydrogen-bond acceptors (Lipinski definition) is 3. The molecule has 0 atom stereocenters. The molecule has 23 heavy (non-hydrogen) atoms. The first-order chi connectivity index (χ1) is 10.7. The van der Waals surface area contributed by atoms with Crippen LogP contribution in [0, 0.1) is 0 Å². The molecule has 0 saturated heterocycles. The van der Waals surface area contributed by atoms with Crippen molar-refractivity contribution in [2.45, 2.75) is 18.5 Å². The predicted octanol–water partition coefficient (Wildman–Crippen LogP) is 0.508. The summed E-state index contributed by atoms with van der Waals surface area (Å²) in [6.07, 6.45) is -4.31. The van der Waals surface area contributed by atoms with Crippen LogP contribution in [0.25, 0.3) is 0 Å². The van der Waals surface area contributed by atoms with E-state index < -0.39 is 18.1 Å². The summed E-state index contributed by atoms with van der Waals surface area (Å²) in [7, 11) is 3.88. The van der Waals surface area contributed by atoms with E-state index in [0.29, 0.717) is 6.42 Å². The average Bonchev–Trinajstić information content (AvgIpc) is 2.82. The zero-order valence-electron chi connectivity index (χ0n) is 12.8. The summed E-state index contributed by atoms with van der Waals surface area (Å²) in [5.41, 5.74) is 0. The molecule has 128 valence electrons. The third kappa shape index (κ3) is 3.98. The molecular formula is C14H19F3N3O3+. The van der Waals surface area contributed by atoms with Crippen molar-refractivity contribution >= 4 is 6.03 Å². The van der Waals surface area contributed by atoms with Crippen molar-refractivity contribution in [2.24, 2.45) is 0 Å². The molecule has 0 bridgehead atoms. The quantitative estimate of drug-likeness (QED) is 0.688. The fourth-order valence-electron chi connectivity index (χ4n) is 2.02. The smallest absolute Gasteiger partial charge is 0.424 e. The number of urea groups is 1. The first-order valence-electron chi connectivity index (χ1n) is 7.12. The number of rotatable bonds is 5. The Morgan fingerprint density at radius 3 is 2.26 bits per heavy atom. The Morgan fingerprint density at radius 2 is 1.78 bits per heavy atom. The zero-order chi connectivity index (χ0) is 17.1. The van der Waals surface area contributed by atoms with Crippen LogP contribution in [0.2, 0.25) is 0 Å². The van der Waals surface area contributed by atoms with E-state index in [0.717, 1.165) is 6.54 Å². The highest BCUT2D eigenvalue weighted by molar-refractivity contribution is 5.74. The molecule has 1 aliphatic rings. The van der Waals surface area contributed by atoms with Crippen molar-refractivity contribution in [3.05, 3.63) is 24.3 Å². The van der Waals surface area contributed by atoms with E-state index in [4.69, 9.17) is 9.47 Å². The van der Waals surface area contributed by atoms with Crippen molar-refractivity contribution < 1.29 is 32.3 Å². The summed E-state index contributed by atoms with van der Waals surface area (Å²) in [6.45, 7) is 1.03. The number of benzene rings is 1. The topological polar surface area (TPSA) is 64.0 Å². The Bertz CT molecular complexity index is 539. The van der Waals surface area contributed by atoms with E-state index >= 15 is 0 Å². The number of alkyl halides is 3. The van der Waals surface area contributed by atoms with Gasteiger partial charge in [0.05, 0.1) is 20.6 Å². The number of halogens is 3. The minimum Gasteiger partial charge on any atom is -0.424 e. The minimum atomic E-state index is -4.95. The first-order valence-corrected chi connectivity index (χ1v) is 7.12. The summed E-state index contributed by atoms with van der Waals surface area (Å²) in [5, 5.41) is 4.11. The van der Waals surface area contributed by atoms with E-state index in [9.17, 15) is 18.0 Å². The SMILES string of the molecule is C[NH+](C)CCCNC(=O)NC1(C(F)(F)F)Oc2ccccc2O1. The predicted molar refractivity (Wildman–Crippen MR) is 75.3 cm³/mol. The molecule has 2 amide bonds. The van der Waals surface area contributed by atoms with Gasteiger partial charge in [-0.3, -0.25) is 5.32 Å². The highest BCUT2D eigenvalue weighted by atomic mass is 19.4. The Labute approximate surface area is 131 Å². The van der Waals surface area contributed by atoms with Gasteiger partial charge in [-0.05, 0) is 12.1 Å². The van der Waals surface area contributed by atoms with Gasteiger partial charge in [0.25, 0.3) is 0 Å². The molecular weight excluding hydrogens is 315 g/mol. The molecule has 1 heterocycles. The highest BCUT2D eigenvalue weighted by Gasteiger charge is 2.65. The van der Waals surface area contributed by atoms with Gasteiger partial charge in [-0.1, -0.05) is 12.1 Å². The molecule has 2 rings (SSSR count). The molecule has 0 unspecified atom stereocenters. The largest absolute Gasteiger partial charge is 0.492 e. The van der Waals surface area contributed by atoms with E-state index in [1.807, 2.05) is 14.1 Å². The normalized spacial score (nSPS) is 15.6. The number of para-hydroxylation sites is 2.